The van der Waals surface area contributed by atoms with Gasteiger partial charge in [-0.05, 0) is 11.5 Å². The van der Waals surface area contributed by atoms with Crippen LogP contribution in [0.2, 0.25) is 0 Å². The Balaban J connectivity index is 1.27. The van der Waals surface area contributed by atoms with E-state index < -0.39 is 0 Å². The fraction of sp³-hybridized carbons (Fsp3) is 0. The molecule has 0 atom stereocenters. The molecule has 3 heterocycles. The SMILES string of the molecule is c1ccc(-c2nc(-c3ccccc3)nc(-c3ccc(-c4nc5sc6ccccc6c5c5ccccc45)cc3)n2)cc1. The van der Waals surface area contributed by atoms with Gasteiger partial charge in [0, 0.05) is 43.1 Å². The molecule has 192 valence electrons. The predicted molar refractivity (Wildman–Crippen MR) is 170 cm³/mol. The molecule has 8 rings (SSSR count). The van der Waals surface area contributed by atoms with Gasteiger partial charge in [0.05, 0.1) is 5.69 Å². The maximum absolute atomic E-state index is 5.20. The van der Waals surface area contributed by atoms with Crippen LogP contribution in [0, 0.1) is 0 Å². The first-order valence-electron chi connectivity index (χ1n) is 13.5. The van der Waals surface area contributed by atoms with Crippen LogP contribution in [0.1, 0.15) is 0 Å². The summed E-state index contributed by atoms with van der Waals surface area (Å²) in [7, 11) is 0. The molecule has 5 aromatic carbocycles. The third-order valence-electron chi connectivity index (χ3n) is 7.36. The zero-order valence-electron chi connectivity index (χ0n) is 21.9. The van der Waals surface area contributed by atoms with E-state index in [0.717, 1.165) is 38.2 Å². The van der Waals surface area contributed by atoms with Gasteiger partial charge in [0.2, 0.25) is 0 Å². The molecule has 0 N–H and O–H groups in total. The van der Waals surface area contributed by atoms with Crippen molar-refractivity contribution in [2.24, 2.45) is 0 Å². The molecule has 5 heteroatoms. The topological polar surface area (TPSA) is 51.6 Å². The largest absolute Gasteiger partial charge is 0.236 e. The van der Waals surface area contributed by atoms with E-state index in [-0.39, 0.29) is 0 Å². The quantitative estimate of drug-likeness (QED) is 0.222. The molecule has 0 aliphatic carbocycles. The highest BCUT2D eigenvalue weighted by molar-refractivity contribution is 7.25. The molecular weight excluding hydrogens is 520 g/mol. The highest BCUT2D eigenvalue weighted by Crippen LogP contribution is 2.40. The molecule has 8 aromatic rings. The molecule has 4 nitrogen and oxygen atoms in total. The lowest BCUT2D eigenvalue weighted by Crippen LogP contribution is -2.00. The van der Waals surface area contributed by atoms with Crippen molar-refractivity contribution in [3.63, 3.8) is 0 Å². The van der Waals surface area contributed by atoms with Crippen LogP contribution in [0.5, 0.6) is 0 Å². The van der Waals surface area contributed by atoms with Gasteiger partial charge in [0.15, 0.2) is 17.5 Å². The van der Waals surface area contributed by atoms with E-state index in [1.807, 2.05) is 60.7 Å². The Morgan fingerprint density at radius 1 is 0.366 bits per heavy atom. The van der Waals surface area contributed by atoms with Crippen LogP contribution in [0.25, 0.3) is 76.5 Å². The summed E-state index contributed by atoms with van der Waals surface area (Å²) in [6.07, 6.45) is 0. The van der Waals surface area contributed by atoms with Crippen LogP contribution in [0.3, 0.4) is 0 Å². The van der Waals surface area contributed by atoms with Crippen molar-refractivity contribution < 1.29 is 0 Å². The Kier molecular flexibility index (Phi) is 5.61. The monoisotopic (exact) mass is 542 g/mol. The minimum atomic E-state index is 0.641. The van der Waals surface area contributed by atoms with Gasteiger partial charge in [0.1, 0.15) is 4.83 Å². The fourth-order valence-electron chi connectivity index (χ4n) is 5.38. The summed E-state index contributed by atoms with van der Waals surface area (Å²) < 4.78 is 1.26. The van der Waals surface area contributed by atoms with Gasteiger partial charge in [-0.2, -0.15) is 0 Å². The van der Waals surface area contributed by atoms with Crippen LogP contribution >= 0.6 is 11.3 Å². The molecular formula is C36H22N4S. The number of fused-ring (bicyclic) bond motifs is 5. The van der Waals surface area contributed by atoms with E-state index in [1.54, 1.807) is 11.3 Å². The van der Waals surface area contributed by atoms with Crippen molar-refractivity contribution in [2.75, 3.05) is 0 Å². The molecule has 0 unspecified atom stereocenters. The molecule has 0 bridgehead atoms. The zero-order chi connectivity index (χ0) is 27.2. The van der Waals surface area contributed by atoms with Crippen LogP contribution in [0.15, 0.2) is 133 Å². The molecule has 0 fully saturated rings. The van der Waals surface area contributed by atoms with Gasteiger partial charge in [-0.1, -0.05) is 127 Å². The number of rotatable bonds is 4. The minimum absolute atomic E-state index is 0.641. The zero-order valence-corrected chi connectivity index (χ0v) is 22.7. The van der Waals surface area contributed by atoms with Crippen molar-refractivity contribution in [3.05, 3.63) is 133 Å². The first-order valence-corrected chi connectivity index (χ1v) is 14.3. The molecule has 0 aliphatic heterocycles. The van der Waals surface area contributed by atoms with Crippen molar-refractivity contribution in [1.29, 1.82) is 0 Å². The van der Waals surface area contributed by atoms with E-state index in [9.17, 15) is 0 Å². The van der Waals surface area contributed by atoms with Crippen molar-refractivity contribution >= 4 is 42.4 Å². The van der Waals surface area contributed by atoms with Crippen LogP contribution in [-0.4, -0.2) is 19.9 Å². The summed E-state index contributed by atoms with van der Waals surface area (Å²) in [4.78, 5) is 20.8. The predicted octanol–water partition coefficient (Wildman–Crippen LogP) is 9.46. The van der Waals surface area contributed by atoms with E-state index in [4.69, 9.17) is 19.9 Å². The Hall–Kier alpha value is -5.26. The van der Waals surface area contributed by atoms with Gasteiger partial charge < -0.3 is 0 Å². The number of benzene rings is 5. The number of aromatic nitrogens is 4. The second-order valence-electron chi connectivity index (χ2n) is 9.90. The number of pyridine rings is 1. The second-order valence-corrected chi connectivity index (χ2v) is 10.9. The number of hydrogen-bond acceptors (Lipinski definition) is 5. The number of nitrogens with zero attached hydrogens (tertiary/aromatic N) is 4. The molecule has 0 amide bonds. The number of thiophene rings is 1. The van der Waals surface area contributed by atoms with E-state index in [0.29, 0.717) is 17.5 Å². The Morgan fingerprint density at radius 2 is 0.829 bits per heavy atom. The van der Waals surface area contributed by atoms with E-state index in [1.165, 1.54) is 20.9 Å². The van der Waals surface area contributed by atoms with Gasteiger partial charge in [-0.3, -0.25) is 0 Å². The molecule has 0 radical (unpaired) electrons. The third-order valence-corrected chi connectivity index (χ3v) is 8.42. The summed E-state index contributed by atoms with van der Waals surface area (Å²) in [5, 5.41) is 4.87. The maximum atomic E-state index is 5.20. The van der Waals surface area contributed by atoms with Crippen molar-refractivity contribution in [2.45, 2.75) is 0 Å². The number of hydrogen-bond donors (Lipinski definition) is 0. The second kappa shape index (κ2) is 9.73. The minimum Gasteiger partial charge on any atom is -0.236 e. The molecule has 0 spiro atoms. The molecule has 0 saturated heterocycles. The molecule has 0 saturated carbocycles. The highest BCUT2D eigenvalue weighted by atomic mass is 32.1. The summed E-state index contributed by atoms with van der Waals surface area (Å²) in [6.45, 7) is 0. The molecule has 41 heavy (non-hydrogen) atoms. The fourth-order valence-corrected chi connectivity index (χ4v) is 6.47. The lowest BCUT2D eigenvalue weighted by atomic mass is 10.00. The van der Waals surface area contributed by atoms with Gasteiger partial charge in [-0.25, -0.2) is 19.9 Å². The Labute approximate surface area is 240 Å². The average Bonchev–Trinajstić information content (AvgIpc) is 3.44. The first kappa shape index (κ1) is 23.6. The lowest BCUT2D eigenvalue weighted by Gasteiger charge is -2.10. The summed E-state index contributed by atoms with van der Waals surface area (Å²) in [5.74, 6) is 1.95. The summed E-state index contributed by atoms with van der Waals surface area (Å²) in [6, 6.07) is 45.6. The smallest absolute Gasteiger partial charge is 0.164 e. The maximum Gasteiger partial charge on any atom is 0.164 e. The third kappa shape index (κ3) is 4.15. The summed E-state index contributed by atoms with van der Waals surface area (Å²) >= 11 is 1.75. The Bertz CT molecular complexity index is 2130. The first-order chi connectivity index (χ1) is 20.3. The summed E-state index contributed by atoms with van der Waals surface area (Å²) in [5.41, 5.74) is 4.88. The van der Waals surface area contributed by atoms with Crippen molar-refractivity contribution in [1.82, 2.24) is 19.9 Å². The highest BCUT2D eigenvalue weighted by Gasteiger charge is 2.16. The molecule has 0 aliphatic rings. The van der Waals surface area contributed by atoms with Crippen LogP contribution < -0.4 is 0 Å². The van der Waals surface area contributed by atoms with Gasteiger partial charge in [-0.15, -0.1) is 11.3 Å². The van der Waals surface area contributed by atoms with Crippen LogP contribution in [-0.2, 0) is 0 Å². The van der Waals surface area contributed by atoms with Crippen molar-refractivity contribution in [3.8, 4) is 45.4 Å². The lowest BCUT2D eigenvalue weighted by molar-refractivity contribution is 1.07. The van der Waals surface area contributed by atoms with Gasteiger partial charge >= 0.3 is 0 Å². The average molecular weight is 543 g/mol. The normalized spacial score (nSPS) is 11.4. The van der Waals surface area contributed by atoms with E-state index in [2.05, 4.69) is 72.8 Å². The van der Waals surface area contributed by atoms with Crippen LogP contribution in [0.4, 0.5) is 0 Å². The van der Waals surface area contributed by atoms with E-state index >= 15 is 0 Å². The Morgan fingerprint density at radius 3 is 1.44 bits per heavy atom. The van der Waals surface area contributed by atoms with Gasteiger partial charge in [0.25, 0.3) is 0 Å². The molecule has 3 aromatic heterocycles. The standard InChI is InChI=1S/C36H22N4S/c1-3-11-24(12-4-1)33-38-34(25-13-5-2-6-14-25)40-35(39-33)26-21-19-23(20-22-26)32-28-16-8-7-15-27(28)31-29-17-9-10-18-30(29)41-36(31)37-32/h1-22H.